The molecule has 3 heteroatoms. The second kappa shape index (κ2) is 8.05. The topological polar surface area (TPSA) is 69.1 Å². The van der Waals surface area contributed by atoms with Gasteiger partial charge in [0.05, 0.1) is 5.41 Å². The maximum Gasteiger partial charge on any atom is 0.229 e. The molecule has 0 heterocycles. The lowest BCUT2D eigenvalue weighted by Gasteiger charge is -2.48. The van der Waals surface area contributed by atoms with Crippen LogP contribution in [-0.4, -0.2) is 12.5 Å². The quantitative estimate of drug-likeness (QED) is 0.677. The predicted molar refractivity (Wildman–Crippen MR) is 111 cm³/mol. The largest absolute Gasteiger partial charge is 0.369 e. The van der Waals surface area contributed by atoms with Crippen molar-refractivity contribution in [1.29, 1.82) is 0 Å². The number of carbonyl (C=O) groups excluding carboxylic acids is 1. The molecule has 0 aliphatic rings. The van der Waals surface area contributed by atoms with Crippen LogP contribution in [0.5, 0.6) is 0 Å². The molecule has 2 aromatic carbocycles. The zero-order valence-electron chi connectivity index (χ0n) is 16.5. The normalized spacial score (nSPS) is 14.0. The van der Waals surface area contributed by atoms with Crippen molar-refractivity contribution in [2.75, 3.05) is 6.54 Å². The summed E-state index contributed by atoms with van der Waals surface area (Å²) in [4.78, 5) is 13.1. The van der Waals surface area contributed by atoms with Gasteiger partial charge in [-0.25, -0.2) is 0 Å². The Bertz CT molecular complexity index is 787. The first-order valence-corrected chi connectivity index (χ1v) is 9.50. The monoisotopic (exact) mass is 352 g/mol. The standard InChI is InChI=1S/C23H32N2O/c1-5-22(6-2,16-24)23(21(25)26,15-14-17(3)4)20-13-9-11-18-10-7-8-12-19(18)20/h7-14H,5-6,15-16,24H2,1-4H3,(H2,25,26). The molecule has 1 atom stereocenters. The molecule has 4 N–H and O–H groups in total. The summed E-state index contributed by atoms with van der Waals surface area (Å²) < 4.78 is 0. The summed E-state index contributed by atoms with van der Waals surface area (Å²) in [6.07, 6.45) is 4.28. The van der Waals surface area contributed by atoms with Crippen LogP contribution in [0.25, 0.3) is 10.8 Å². The van der Waals surface area contributed by atoms with Gasteiger partial charge >= 0.3 is 0 Å². The van der Waals surface area contributed by atoms with E-state index in [1.54, 1.807) is 0 Å². The summed E-state index contributed by atoms with van der Waals surface area (Å²) in [5, 5.41) is 2.20. The van der Waals surface area contributed by atoms with Crippen LogP contribution in [0.3, 0.4) is 0 Å². The molecule has 2 rings (SSSR count). The fraction of sp³-hybridized carbons (Fsp3) is 0.435. The van der Waals surface area contributed by atoms with Crippen LogP contribution in [0.4, 0.5) is 0 Å². The van der Waals surface area contributed by atoms with Gasteiger partial charge in [-0.15, -0.1) is 0 Å². The Labute approximate surface area is 157 Å². The maximum atomic E-state index is 13.1. The Morgan fingerprint density at radius 1 is 1.04 bits per heavy atom. The highest BCUT2D eigenvalue weighted by Crippen LogP contribution is 2.51. The number of primary amides is 1. The SMILES string of the molecule is CCC(CC)(CN)C(CC=C(C)C)(C(N)=O)c1cccc2ccccc12. The van der Waals surface area contributed by atoms with Gasteiger partial charge in [-0.3, -0.25) is 4.79 Å². The van der Waals surface area contributed by atoms with Gasteiger partial charge in [0.15, 0.2) is 0 Å². The van der Waals surface area contributed by atoms with E-state index < -0.39 is 10.8 Å². The van der Waals surface area contributed by atoms with E-state index in [1.165, 1.54) is 5.57 Å². The molecule has 0 saturated heterocycles. The zero-order chi connectivity index (χ0) is 19.4. The summed E-state index contributed by atoms with van der Waals surface area (Å²) in [5.74, 6) is -0.291. The smallest absolute Gasteiger partial charge is 0.229 e. The molecule has 0 aliphatic heterocycles. The molecule has 3 nitrogen and oxygen atoms in total. The van der Waals surface area contributed by atoms with Crippen molar-refractivity contribution < 1.29 is 4.79 Å². The summed E-state index contributed by atoms with van der Waals surface area (Å²) in [6.45, 7) is 8.75. The number of benzene rings is 2. The van der Waals surface area contributed by atoms with E-state index in [1.807, 2.05) is 18.2 Å². The van der Waals surface area contributed by atoms with Crippen molar-refractivity contribution in [3.63, 3.8) is 0 Å². The second-order valence-corrected chi connectivity index (χ2v) is 7.47. The number of amides is 1. The molecular weight excluding hydrogens is 320 g/mol. The first-order valence-electron chi connectivity index (χ1n) is 9.50. The van der Waals surface area contributed by atoms with Gasteiger partial charge in [-0.05, 0) is 56.0 Å². The van der Waals surface area contributed by atoms with Crippen molar-refractivity contribution in [1.82, 2.24) is 0 Å². The van der Waals surface area contributed by atoms with Gasteiger partial charge in [0.25, 0.3) is 0 Å². The minimum atomic E-state index is -0.844. The predicted octanol–water partition coefficient (Wildman–Crippen LogP) is 4.68. The van der Waals surface area contributed by atoms with Crippen molar-refractivity contribution >= 4 is 16.7 Å². The van der Waals surface area contributed by atoms with Gasteiger partial charge in [-0.2, -0.15) is 0 Å². The van der Waals surface area contributed by atoms with Crippen molar-refractivity contribution in [2.45, 2.75) is 52.4 Å². The number of carbonyl (C=O) groups is 1. The average molecular weight is 353 g/mol. The zero-order valence-corrected chi connectivity index (χ0v) is 16.5. The van der Waals surface area contributed by atoms with Crippen LogP contribution in [0.2, 0.25) is 0 Å². The number of allylic oxidation sites excluding steroid dienone is 2. The van der Waals surface area contributed by atoms with Crippen LogP contribution in [-0.2, 0) is 10.2 Å². The van der Waals surface area contributed by atoms with Crippen LogP contribution in [0.15, 0.2) is 54.1 Å². The third-order valence-corrected chi connectivity index (χ3v) is 6.14. The van der Waals surface area contributed by atoms with Gasteiger partial charge in [-0.1, -0.05) is 68.0 Å². The van der Waals surface area contributed by atoms with E-state index >= 15 is 0 Å². The lowest BCUT2D eigenvalue weighted by molar-refractivity contribution is -0.129. The molecule has 1 unspecified atom stereocenters. The summed E-state index contributed by atoms with van der Waals surface area (Å²) in [6, 6.07) is 14.3. The number of rotatable bonds is 8. The van der Waals surface area contributed by atoms with Gasteiger partial charge < -0.3 is 11.5 Å². The molecule has 0 aliphatic carbocycles. The molecule has 140 valence electrons. The van der Waals surface area contributed by atoms with E-state index in [2.05, 4.69) is 58.0 Å². The molecule has 0 radical (unpaired) electrons. The van der Waals surface area contributed by atoms with E-state index in [0.29, 0.717) is 13.0 Å². The lowest BCUT2D eigenvalue weighted by Crippen LogP contribution is -2.57. The minimum absolute atomic E-state index is 0.291. The molecular formula is C23H32N2O. The van der Waals surface area contributed by atoms with Crippen LogP contribution >= 0.6 is 0 Å². The molecule has 0 spiro atoms. The number of fused-ring (bicyclic) bond motifs is 1. The number of nitrogens with two attached hydrogens (primary N) is 2. The van der Waals surface area contributed by atoms with Crippen LogP contribution < -0.4 is 11.5 Å². The Balaban J connectivity index is 2.94. The molecule has 0 fully saturated rings. The van der Waals surface area contributed by atoms with Crippen LogP contribution in [0, 0.1) is 5.41 Å². The number of hydrogen-bond donors (Lipinski definition) is 2. The summed E-state index contributed by atoms with van der Waals surface area (Å²) in [7, 11) is 0. The Morgan fingerprint density at radius 3 is 2.19 bits per heavy atom. The van der Waals surface area contributed by atoms with Gasteiger partial charge in [0.1, 0.15) is 0 Å². The third kappa shape index (κ3) is 3.16. The number of hydrogen-bond acceptors (Lipinski definition) is 2. The third-order valence-electron chi connectivity index (χ3n) is 6.14. The first-order chi connectivity index (χ1) is 12.4. The second-order valence-electron chi connectivity index (χ2n) is 7.47. The Kier molecular flexibility index (Phi) is 6.25. The fourth-order valence-electron chi connectivity index (χ4n) is 4.38. The van der Waals surface area contributed by atoms with Crippen molar-refractivity contribution in [3.05, 3.63) is 59.7 Å². The van der Waals surface area contributed by atoms with Crippen molar-refractivity contribution in [2.24, 2.45) is 16.9 Å². The fourth-order valence-corrected chi connectivity index (χ4v) is 4.38. The molecule has 26 heavy (non-hydrogen) atoms. The van der Waals surface area contributed by atoms with E-state index in [9.17, 15) is 4.79 Å². The van der Waals surface area contributed by atoms with E-state index in [0.717, 1.165) is 29.2 Å². The van der Waals surface area contributed by atoms with E-state index in [4.69, 9.17) is 11.5 Å². The molecule has 0 aromatic heterocycles. The molecule has 1 amide bonds. The highest BCUT2D eigenvalue weighted by atomic mass is 16.1. The van der Waals surface area contributed by atoms with E-state index in [-0.39, 0.29) is 5.91 Å². The van der Waals surface area contributed by atoms with Crippen LogP contribution in [0.1, 0.15) is 52.5 Å². The van der Waals surface area contributed by atoms with Gasteiger partial charge in [0.2, 0.25) is 5.91 Å². The molecule has 0 saturated carbocycles. The minimum Gasteiger partial charge on any atom is -0.369 e. The van der Waals surface area contributed by atoms with Crippen molar-refractivity contribution in [3.8, 4) is 0 Å². The first kappa shape index (κ1) is 20.2. The molecule has 2 aromatic rings. The van der Waals surface area contributed by atoms with Gasteiger partial charge in [0, 0.05) is 5.41 Å². The highest BCUT2D eigenvalue weighted by Gasteiger charge is 2.53. The summed E-state index contributed by atoms with van der Waals surface area (Å²) >= 11 is 0. The average Bonchev–Trinajstić information content (AvgIpc) is 2.65. The Morgan fingerprint density at radius 2 is 1.65 bits per heavy atom. The Hall–Kier alpha value is -2.13. The summed E-state index contributed by atoms with van der Waals surface area (Å²) in [5.41, 5.74) is 13.4. The lowest BCUT2D eigenvalue weighted by atomic mass is 9.54. The highest BCUT2D eigenvalue weighted by molar-refractivity contribution is 5.96. The molecule has 0 bridgehead atoms. The maximum absolute atomic E-state index is 13.1.